The SMILES string of the molecule is CCCN1C[C@@H](COC(c2ccccc2)(c2ccccc2)c2ccccc2)OC1=O.S. The fraction of sp³-hybridized carbons (Fsp3) is 0.269. The topological polar surface area (TPSA) is 38.8 Å². The summed E-state index contributed by atoms with van der Waals surface area (Å²) in [5, 5.41) is 0. The number of rotatable bonds is 8. The summed E-state index contributed by atoms with van der Waals surface area (Å²) in [6, 6.07) is 30.7. The van der Waals surface area contributed by atoms with Crippen molar-refractivity contribution >= 4 is 19.6 Å². The molecule has 1 saturated heterocycles. The molecular weight excluding hydrogens is 406 g/mol. The van der Waals surface area contributed by atoms with Gasteiger partial charge < -0.3 is 14.4 Å². The molecule has 3 aromatic carbocycles. The first-order chi connectivity index (χ1) is 14.7. The molecule has 0 aromatic heterocycles. The van der Waals surface area contributed by atoms with Crippen LogP contribution in [0.25, 0.3) is 0 Å². The van der Waals surface area contributed by atoms with Crippen molar-refractivity contribution in [2.75, 3.05) is 19.7 Å². The van der Waals surface area contributed by atoms with Gasteiger partial charge in [0.05, 0.1) is 13.2 Å². The second-order valence-corrected chi connectivity index (χ2v) is 7.54. The number of hydrogen-bond donors (Lipinski definition) is 0. The van der Waals surface area contributed by atoms with Crippen LogP contribution in [0, 0.1) is 0 Å². The van der Waals surface area contributed by atoms with Crippen molar-refractivity contribution < 1.29 is 14.3 Å². The van der Waals surface area contributed by atoms with Gasteiger partial charge in [0.2, 0.25) is 0 Å². The third-order valence-corrected chi connectivity index (χ3v) is 5.47. The fourth-order valence-corrected chi connectivity index (χ4v) is 4.10. The van der Waals surface area contributed by atoms with E-state index in [1.807, 2.05) is 54.6 Å². The summed E-state index contributed by atoms with van der Waals surface area (Å²) in [5.41, 5.74) is 2.32. The zero-order chi connectivity index (χ0) is 20.8. The number of cyclic esters (lactones) is 1. The maximum Gasteiger partial charge on any atom is 0.410 e. The largest absolute Gasteiger partial charge is 0.442 e. The van der Waals surface area contributed by atoms with Gasteiger partial charge in [0.15, 0.2) is 0 Å². The molecule has 1 fully saturated rings. The van der Waals surface area contributed by atoms with Gasteiger partial charge in [0.1, 0.15) is 11.7 Å². The van der Waals surface area contributed by atoms with Crippen LogP contribution in [0.15, 0.2) is 91.0 Å². The van der Waals surface area contributed by atoms with Crippen LogP contribution >= 0.6 is 13.5 Å². The van der Waals surface area contributed by atoms with Crippen molar-refractivity contribution in [1.82, 2.24) is 4.90 Å². The van der Waals surface area contributed by atoms with Gasteiger partial charge in [-0.1, -0.05) is 97.9 Å². The molecule has 3 aromatic rings. The highest BCUT2D eigenvalue weighted by Gasteiger charge is 2.40. The van der Waals surface area contributed by atoms with Gasteiger partial charge in [0, 0.05) is 6.54 Å². The standard InChI is InChI=1S/C26H27NO3.H2S/c1-2-18-27-19-24(30-25(27)28)20-29-26(21-12-6-3-7-13-21,22-14-8-4-9-15-22)23-16-10-5-11-17-23;/h3-17,24H,2,18-20H2,1H3;1H2/t24-;/m0./s1. The smallest absolute Gasteiger partial charge is 0.410 e. The van der Waals surface area contributed by atoms with Crippen LogP contribution < -0.4 is 0 Å². The lowest BCUT2D eigenvalue weighted by atomic mass is 9.80. The van der Waals surface area contributed by atoms with Crippen molar-refractivity contribution in [2.45, 2.75) is 25.0 Å². The second-order valence-electron chi connectivity index (χ2n) is 7.54. The van der Waals surface area contributed by atoms with E-state index >= 15 is 0 Å². The third-order valence-electron chi connectivity index (χ3n) is 5.47. The number of carbonyl (C=O) groups is 1. The van der Waals surface area contributed by atoms with Crippen LogP contribution in [-0.2, 0) is 15.1 Å². The van der Waals surface area contributed by atoms with Crippen LogP contribution in [0.4, 0.5) is 4.79 Å². The zero-order valence-electron chi connectivity index (χ0n) is 17.7. The van der Waals surface area contributed by atoms with Crippen LogP contribution in [0.3, 0.4) is 0 Å². The van der Waals surface area contributed by atoms with E-state index in [4.69, 9.17) is 9.47 Å². The van der Waals surface area contributed by atoms with Crippen molar-refractivity contribution in [2.24, 2.45) is 0 Å². The highest BCUT2D eigenvalue weighted by atomic mass is 32.1. The average molecular weight is 436 g/mol. The predicted molar refractivity (Wildman–Crippen MR) is 128 cm³/mol. The molecule has 31 heavy (non-hydrogen) atoms. The van der Waals surface area contributed by atoms with E-state index in [1.165, 1.54) is 0 Å². The van der Waals surface area contributed by atoms with E-state index in [-0.39, 0.29) is 25.7 Å². The van der Waals surface area contributed by atoms with Crippen LogP contribution in [0.5, 0.6) is 0 Å². The van der Waals surface area contributed by atoms with E-state index in [0.717, 1.165) is 23.1 Å². The number of hydrogen-bond acceptors (Lipinski definition) is 3. The Morgan fingerprint density at radius 3 is 1.74 bits per heavy atom. The van der Waals surface area contributed by atoms with Crippen LogP contribution in [-0.4, -0.2) is 36.8 Å². The van der Waals surface area contributed by atoms with Crippen LogP contribution in [0.1, 0.15) is 30.0 Å². The Balaban J connectivity index is 0.00000272. The molecule has 1 aliphatic rings. The lowest BCUT2D eigenvalue weighted by molar-refractivity contribution is -0.0298. The molecule has 5 heteroatoms. The van der Waals surface area contributed by atoms with Crippen molar-refractivity contribution in [3.8, 4) is 0 Å². The van der Waals surface area contributed by atoms with Gasteiger partial charge in [-0.15, -0.1) is 0 Å². The third kappa shape index (κ3) is 4.78. The van der Waals surface area contributed by atoms with Gasteiger partial charge in [-0.05, 0) is 23.1 Å². The molecule has 0 bridgehead atoms. The molecule has 4 nitrogen and oxygen atoms in total. The summed E-state index contributed by atoms with van der Waals surface area (Å²) >= 11 is 0. The minimum absolute atomic E-state index is 0. The minimum Gasteiger partial charge on any atom is -0.442 e. The lowest BCUT2D eigenvalue weighted by Crippen LogP contribution is -2.36. The number of amides is 1. The Hall–Kier alpha value is -2.76. The molecule has 1 atom stereocenters. The Kier molecular flexibility index (Phi) is 7.77. The first kappa shape index (κ1) is 22.9. The first-order valence-electron chi connectivity index (χ1n) is 10.5. The van der Waals surface area contributed by atoms with Gasteiger partial charge in [-0.2, -0.15) is 13.5 Å². The first-order valence-corrected chi connectivity index (χ1v) is 10.5. The van der Waals surface area contributed by atoms with Gasteiger partial charge in [-0.25, -0.2) is 4.79 Å². The molecule has 1 heterocycles. The predicted octanol–water partition coefficient (Wildman–Crippen LogP) is 5.34. The van der Waals surface area contributed by atoms with Crippen molar-refractivity contribution in [1.29, 1.82) is 0 Å². The molecular formula is C26H29NO3S. The minimum atomic E-state index is -0.797. The molecule has 0 spiro atoms. The van der Waals surface area contributed by atoms with Crippen molar-refractivity contribution in [3.05, 3.63) is 108 Å². The Labute approximate surface area is 191 Å². The summed E-state index contributed by atoms with van der Waals surface area (Å²) in [5.74, 6) is 0. The fourth-order valence-electron chi connectivity index (χ4n) is 4.10. The van der Waals surface area contributed by atoms with E-state index in [0.29, 0.717) is 19.7 Å². The highest BCUT2D eigenvalue weighted by Crippen LogP contribution is 2.40. The average Bonchev–Trinajstić information content (AvgIpc) is 3.16. The molecule has 0 saturated carbocycles. The van der Waals surface area contributed by atoms with Gasteiger partial charge in [0.25, 0.3) is 0 Å². The van der Waals surface area contributed by atoms with Gasteiger partial charge >= 0.3 is 6.09 Å². The summed E-state index contributed by atoms with van der Waals surface area (Å²) in [6.45, 7) is 3.63. The number of benzene rings is 3. The Morgan fingerprint density at radius 2 is 1.32 bits per heavy atom. The lowest BCUT2D eigenvalue weighted by Gasteiger charge is -2.36. The number of nitrogens with zero attached hydrogens (tertiary/aromatic N) is 1. The molecule has 0 radical (unpaired) electrons. The summed E-state index contributed by atoms with van der Waals surface area (Å²) < 4.78 is 12.3. The molecule has 0 N–H and O–H groups in total. The van der Waals surface area contributed by atoms with E-state index in [9.17, 15) is 4.79 Å². The molecule has 1 aliphatic heterocycles. The Bertz CT molecular complexity index is 853. The second kappa shape index (κ2) is 10.5. The summed E-state index contributed by atoms with van der Waals surface area (Å²) in [6.07, 6.45) is 0.361. The van der Waals surface area contributed by atoms with E-state index < -0.39 is 5.60 Å². The van der Waals surface area contributed by atoms with Crippen LogP contribution in [0.2, 0.25) is 0 Å². The molecule has 4 rings (SSSR count). The normalized spacial score (nSPS) is 16.0. The molecule has 0 aliphatic carbocycles. The number of carbonyl (C=O) groups excluding carboxylic acids is 1. The maximum absolute atomic E-state index is 12.2. The summed E-state index contributed by atoms with van der Waals surface area (Å²) in [7, 11) is 0. The quantitative estimate of drug-likeness (QED) is 0.449. The monoisotopic (exact) mass is 435 g/mol. The highest BCUT2D eigenvalue weighted by molar-refractivity contribution is 7.59. The molecule has 162 valence electrons. The Morgan fingerprint density at radius 1 is 0.871 bits per heavy atom. The van der Waals surface area contributed by atoms with Gasteiger partial charge in [-0.3, -0.25) is 0 Å². The van der Waals surface area contributed by atoms with Crippen molar-refractivity contribution in [3.63, 3.8) is 0 Å². The summed E-state index contributed by atoms with van der Waals surface area (Å²) in [4.78, 5) is 13.9. The molecule has 1 amide bonds. The molecule has 0 unspecified atom stereocenters. The van der Waals surface area contributed by atoms with E-state index in [2.05, 4.69) is 43.3 Å². The van der Waals surface area contributed by atoms with E-state index in [1.54, 1.807) is 4.90 Å². The maximum atomic E-state index is 12.2. The number of ether oxygens (including phenoxy) is 2. The zero-order valence-corrected chi connectivity index (χ0v) is 18.7.